The van der Waals surface area contributed by atoms with Gasteiger partial charge in [0, 0.05) is 18.7 Å². The summed E-state index contributed by atoms with van der Waals surface area (Å²) >= 11 is 0. The fourth-order valence-corrected chi connectivity index (χ4v) is 2.36. The van der Waals surface area contributed by atoms with Crippen molar-refractivity contribution in [2.75, 3.05) is 0 Å². The Bertz CT molecular complexity index is 347. The minimum absolute atomic E-state index is 0.434. The number of fused-ring (bicyclic) bond motifs is 1. The van der Waals surface area contributed by atoms with E-state index in [1.807, 2.05) is 0 Å². The topological polar surface area (TPSA) is 17.8 Å². The molecule has 0 aliphatic carbocycles. The first-order valence-corrected chi connectivity index (χ1v) is 5.52. The van der Waals surface area contributed by atoms with E-state index in [0.717, 1.165) is 13.0 Å². The molecule has 0 unspecified atom stereocenters. The van der Waals surface area contributed by atoms with Gasteiger partial charge in [-0.05, 0) is 32.1 Å². The molecule has 78 valence electrons. The van der Waals surface area contributed by atoms with Crippen LogP contribution in [0.15, 0.2) is 0 Å². The summed E-state index contributed by atoms with van der Waals surface area (Å²) in [4.78, 5) is 4.64. The lowest BCUT2D eigenvalue weighted by Crippen LogP contribution is -2.19. The fourth-order valence-electron chi connectivity index (χ4n) is 2.36. The summed E-state index contributed by atoms with van der Waals surface area (Å²) in [6.45, 7) is 10.2. The van der Waals surface area contributed by atoms with Gasteiger partial charge in [-0.1, -0.05) is 13.8 Å². The van der Waals surface area contributed by atoms with Gasteiger partial charge in [0.05, 0.1) is 5.69 Å². The first kappa shape index (κ1) is 9.75. The molecule has 1 aliphatic rings. The fraction of sp³-hybridized carbons (Fsp3) is 0.750. The van der Waals surface area contributed by atoms with Gasteiger partial charge >= 0.3 is 0 Å². The number of aromatic nitrogens is 2. The zero-order valence-electron chi connectivity index (χ0n) is 9.72. The molecule has 0 saturated heterocycles. The molecular weight excluding hydrogens is 172 g/mol. The van der Waals surface area contributed by atoms with Crippen molar-refractivity contribution in [1.82, 2.24) is 9.55 Å². The Hall–Kier alpha value is -0.790. The van der Waals surface area contributed by atoms with Crippen molar-refractivity contribution in [2.45, 2.75) is 53.5 Å². The Morgan fingerprint density at radius 2 is 2.00 bits per heavy atom. The second-order valence-electron chi connectivity index (χ2n) is 5.30. The standard InChI is InChI=1S/C12H20N2/c1-9-10(2)14-8-12(3,4)7-5-6-11(14)13-9/h5-8H2,1-4H3. The van der Waals surface area contributed by atoms with Crippen LogP contribution in [0.25, 0.3) is 0 Å². The maximum absolute atomic E-state index is 4.64. The number of hydrogen-bond acceptors (Lipinski definition) is 1. The molecule has 1 aliphatic heterocycles. The molecule has 0 atom stereocenters. The van der Waals surface area contributed by atoms with E-state index in [1.54, 1.807) is 0 Å². The maximum atomic E-state index is 4.64. The Morgan fingerprint density at radius 3 is 2.71 bits per heavy atom. The largest absolute Gasteiger partial charge is 0.332 e. The summed E-state index contributed by atoms with van der Waals surface area (Å²) in [6.07, 6.45) is 3.75. The third-order valence-electron chi connectivity index (χ3n) is 3.38. The first-order valence-electron chi connectivity index (χ1n) is 5.52. The van der Waals surface area contributed by atoms with Gasteiger partial charge in [-0.15, -0.1) is 0 Å². The number of hydrogen-bond donors (Lipinski definition) is 0. The van der Waals surface area contributed by atoms with Crippen LogP contribution < -0.4 is 0 Å². The SMILES string of the molecule is Cc1nc2n(c1C)CC(C)(C)CCC2. The molecule has 2 rings (SSSR count). The van der Waals surface area contributed by atoms with E-state index in [2.05, 4.69) is 37.2 Å². The molecule has 2 nitrogen and oxygen atoms in total. The molecule has 2 heterocycles. The van der Waals surface area contributed by atoms with Crippen LogP contribution in [0.3, 0.4) is 0 Å². The molecule has 0 aromatic carbocycles. The van der Waals surface area contributed by atoms with Crippen molar-refractivity contribution in [1.29, 1.82) is 0 Å². The predicted octanol–water partition coefficient (Wildman–Crippen LogP) is 2.86. The Labute approximate surface area is 86.3 Å². The van der Waals surface area contributed by atoms with Gasteiger partial charge in [0.1, 0.15) is 5.82 Å². The lowest BCUT2D eigenvalue weighted by molar-refractivity contribution is 0.287. The molecule has 0 amide bonds. The van der Waals surface area contributed by atoms with Crippen LogP contribution in [0.5, 0.6) is 0 Å². The molecule has 2 heteroatoms. The highest BCUT2D eigenvalue weighted by molar-refractivity contribution is 5.15. The smallest absolute Gasteiger partial charge is 0.109 e. The van der Waals surface area contributed by atoms with E-state index < -0.39 is 0 Å². The monoisotopic (exact) mass is 192 g/mol. The van der Waals surface area contributed by atoms with Crippen LogP contribution in [0.4, 0.5) is 0 Å². The number of aryl methyl sites for hydroxylation is 2. The van der Waals surface area contributed by atoms with E-state index >= 15 is 0 Å². The van der Waals surface area contributed by atoms with Gasteiger partial charge < -0.3 is 4.57 Å². The van der Waals surface area contributed by atoms with Gasteiger partial charge in [-0.3, -0.25) is 0 Å². The summed E-state index contributed by atoms with van der Waals surface area (Å²) in [5.41, 5.74) is 3.00. The van der Waals surface area contributed by atoms with Crippen molar-refractivity contribution < 1.29 is 0 Å². The van der Waals surface area contributed by atoms with Crippen LogP contribution in [0, 0.1) is 19.3 Å². The summed E-state index contributed by atoms with van der Waals surface area (Å²) < 4.78 is 2.42. The van der Waals surface area contributed by atoms with Crippen LogP contribution in [0.2, 0.25) is 0 Å². The van der Waals surface area contributed by atoms with Crippen LogP contribution in [-0.2, 0) is 13.0 Å². The highest BCUT2D eigenvalue weighted by Crippen LogP contribution is 2.30. The second kappa shape index (κ2) is 3.11. The first-order chi connectivity index (χ1) is 6.49. The van der Waals surface area contributed by atoms with E-state index in [4.69, 9.17) is 0 Å². The molecule has 0 spiro atoms. The summed E-state index contributed by atoms with van der Waals surface area (Å²) in [6, 6.07) is 0. The Balaban J connectivity index is 2.43. The van der Waals surface area contributed by atoms with E-state index in [0.29, 0.717) is 5.41 Å². The molecular formula is C12H20N2. The third-order valence-corrected chi connectivity index (χ3v) is 3.38. The maximum Gasteiger partial charge on any atom is 0.109 e. The predicted molar refractivity (Wildman–Crippen MR) is 58.4 cm³/mol. The van der Waals surface area contributed by atoms with E-state index in [1.165, 1.54) is 30.1 Å². The highest BCUT2D eigenvalue weighted by atomic mass is 15.1. The highest BCUT2D eigenvalue weighted by Gasteiger charge is 2.25. The molecule has 0 fully saturated rings. The molecule has 0 bridgehead atoms. The van der Waals surface area contributed by atoms with Gasteiger partial charge in [0.2, 0.25) is 0 Å². The van der Waals surface area contributed by atoms with Gasteiger partial charge in [0.25, 0.3) is 0 Å². The molecule has 1 aromatic rings. The molecule has 0 radical (unpaired) electrons. The quantitative estimate of drug-likeness (QED) is 0.618. The molecule has 1 aromatic heterocycles. The summed E-state index contributed by atoms with van der Waals surface area (Å²) in [7, 11) is 0. The minimum atomic E-state index is 0.434. The number of imidazole rings is 1. The van der Waals surface area contributed by atoms with Crippen molar-refractivity contribution >= 4 is 0 Å². The van der Waals surface area contributed by atoms with Gasteiger partial charge in [0.15, 0.2) is 0 Å². The summed E-state index contributed by atoms with van der Waals surface area (Å²) in [5, 5.41) is 0. The van der Waals surface area contributed by atoms with Crippen LogP contribution in [0.1, 0.15) is 43.9 Å². The lowest BCUT2D eigenvalue weighted by atomic mass is 9.88. The molecule has 0 N–H and O–H groups in total. The van der Waals surface area contributed by atoms with Crippen molar-refractivity contribution in [3.8, 4) is 0 Å². The van der Waals surface area contributed by atoms with Crippen LogP contribution in [-0.4, -0.2) is 9.55 Å². The second-order valence-corrected chi connectivity index (χ2v) is 5.30. The molecule has 0 saturated carbocycles. The van der Waals surface area contributed by atoms with Crippen LogP contribution >= 0.6 is 0 Å². The van der Waals surface area contributed by atoms with Crippen molar-refractivity contribution in [2.24, 2.45) is 5.41 Å². The minimum Gasteiger partial charge on any atom is -0.332 e. The lowest BCUT2D eigenvalue weighted by Gasteiger charge is -2.23. The van der Waals surface area contributed by atoms with E-state index in [9.17, 15) is 0 Å². The normalized spacial score (nSPS) is 20.3. The average molecular weight is 192 g/mol. The molecule has 14 heavy (non-hydrogen) atoms. The Kier molecular flexibility index (Phi) is 2.17. The zero-order chi connectivity index (χ0) is 10.3. The van der Waals surface area contributed by atoms with Gasteiger partial charge in [-0.2, -0.15) is 0 Å². The number of rotatable bonds is 0. The van der Waals surface area contributed by atoms with Crippen molar-refractivity contribution in [3.63, 3.8) is 0 Å². The zero-order valence-corrected chi connectivity index (χ0v) is 9.72. The average Bonchev–Trinajstić information content (AvgIpc) is 2.30. The summed E-state index contributed by atoms with van der Waals surface area (Å²) in [5.74, 6) is 1.30. The van der Waals surface area contributed by atoms with E-state index in [-0.39, 0.29) is 0 Å². The van der Waals surface area contributed by atoms with Gasteiger partial charge in [-0.25, -0.2) is 4.98 Å². The number of nitrogens with zero attached hydrogens (tertiary/aromatic N) is 2. The van der Waals surface area contributed by atoms with Crippen molar-refractivity contribution in [3.05, 3.63) is 17.2 Å². The third kappa shape index (κ3) is 1.58. The Morgan fingerprint density at radius 1 is 1.29 bits per heavy atom.